The lowest BCUT2D eigenvalue weighted by Crippen LogP contribution is -2.31. The summed E-state index contributed by atoms with van der Waals surface area (Å²) in [5, 5.41) is 0. The van der Waals surface area contributed by atoms with Crippen LogP contribution in [0.15, 0.2) is 12.2 Å². The second-order valence-electron chi connectivity index (χ2n) is 6.06. The Morgan fingerprint density at radius 2 is 1.82 bits per heavy atom. The largest absolute Gasteiger partial charge is 0.299 e. The van der Waals surface area contributed by atoms with Gasteiger partial charge in [-0.2, -0.15) is 0 Å². The molecular weight excluding hydrogens is 208 g/mol. The Bertz CT molecular complexity index is 292. The van der Waals surface area contributed by atoms with Crippen molar-refractivity contribution in [2.24, 2.45) is 17.8 Å². The van der Waals surface area contributed by atoms with Gasteiger partial charge in [-0.3, -0.25) is 4.79 Å². The van der Waals surface area contributed by atoms with Gasteiger partial charge in [-0.25, -0.2) is 0 Å². The number of carbonyl (C=O) groups is 1. The predicted molar refractivity (Wildman–Crippen MR) is 71.8 cm³/mol. The van der Waals surface area contributed by atoms with Gasteiger partial charge >= 0.3 is 0 Å². The van der Waals surface area contributed by atoms with Gasteiger partial charge < -0.3 is 0 Å². The van der Waals surface area contributed by atoms with Crippen molar-refractivity contribution in [1.29, 1.82) is 0 Å². The molecule has 3 atom stereocenters. The molecule has 0 aromatic carbocycles. The third kappa shape index (κ3) is 3.20. The molecule has 2 aliphatic carbocycles. The minimum atomic E-state index is 0.359. The number of hydrogen-bond acceptors (Lipinski definition) is 1. The molecule has 0 heterocycles. The van der Waals surface area contributed by atoms with Crippen molar-refractivity contribution >= 4 is 5.78 Å². The van der Waals surface area contributed by atoms with E-state index in [1.807, 2.05) is 0 Å². The Balaban J connectivity index is 1.86. The highest BCUT2D eigenvalue weighted by atomic mass is 16.1. The fourth-order valence-corrected chi connectivity index (χ4v) is 3.68. The average molecular weight is 234 g/mol. The lowest BCUT2D eigenvalue weighted by molar-refractivity contribution is -0.124. The second-order valence-corrected chi connectivity index (χ2v) is 6.06. The van der Waals surface area contributed by atoms with E-state index in [9.17, 15) is 4.79 Å². The van der Waals surface area contributed by atoms with Gasteiger partial charge in [0.25, 0.3) is 0 Å². The van der Waals surface area contributed by atoms with E-state index in [1.54, 1.807) is 0 Å². The fraction of sp³-hybridized carbons (Fsp3) is 0.812. The maximum Gasteiger partial charge on any atom is 0.139 e. The minimum Gasteiger partial charge on any atom is -0.299 e. The molecule has 0 aliphatic heterocycles. The Labute approximate surface area is 106 Å². The fourth-order valence-electron chi connectivity index (χ4n) is 3.68. The number of rotatable bonds is 4. The van der Waals surface area contributed by atoms with Crippen molar-refractivity contribution in [3.05, 3.63) is 12.2 Å². The summed E-state index contributed by atoms with van der Waals surface area (Å²) in [6.45, 7) is 6.06. The first-order chi connectivity index (χ1) is 8.20. The quantitative estimate of drug-likeness (QED) is 0.654. The van der Waals surface area contributed by atoms with E-state index in [-0.39, 0.29) is 0 Å². The average Bonchev–Trinajstić information content (AvgIpc) is 2.38. The van der Waals surface area contributed by atoms with E-state index in [2.05, 4.69) is 13.5 Å². The first kappa shape index (κ1) is 12.9. The molecule has 3 unspecified atom stereocenters. The predicted octanol–water partition coefficient (Wildman–Crippen LogP) is 4.52. The lowest BCUT2D eigenvalue weighted by Gasteiger charge is -2.38. The monoisotopic (exact) mass is 234 g/mol. The molecule has 0 spiro atoms. The molecule has 2 aliphatic rings. The molecule has 0 aromatic heterocycles. The zero-order chi connectivity index (χ0) is 12.3. The Kier molecular flexibility index (Phi) is 4.42. The van der Waals surface area contributed by atoms with Gasteiger partial charge in [0.05, 0.1) is 0 Å². The van der Waals surface area contributed by atoms with Gasteiger partial charge in [-0.1, -0.05) is 44.8 Å². The Hall–Kier alpha value is -0.590. The summed E-state index contributed by atoms with van der Waals surface area (Å²) >= 11 is 0. The van der Waals surface area contributed by atoms with Crippen LogP contribution in [0.1, 0.15) is 64.7 Å². The molecule has 0 amide bonds. The molecular formula is C16H26O. The summed E-state index contributed by atoms with van der Waals surface area (Å²) in [5.74, 6) is 2.64. The van der Waals surface area contributed by atoms with Crippen molar-refractivity contribution < 1.29 is 4.79 Å². The normalized spacial score (nSPS) is 32.9. The van der Waals surface area contributed by atoms with Crippen molar-refractivity contribution in [2.45, 2.75) is 64.7 Å². The smallest absolute Gasteiger partial charge is 0.139 e. The van der Waals surface area contributed by atoms with E-state index in [1.165, 1.54) is 38.5 Å². The van der Waals surface area contributed by atoms with Crippen LogP contribution < -0.4 is 0 Å². The van der Waals surface area contributed by atoms with E-state index >= 15 is 0 Å². The zero-order valence-electron chi connectivity index (χ0n) is 11.2. The summed E-state index contributed by atoms with van der Waals surface area (Å²) in [4.78, 5) is 12.2. The number of Topliss-reactive ketones (excluding diaryl/α,β-unsaturated/α-hetero) is 1. The highest BCUT2D eigenvalue weighted by molar-refractivity contribution is 5.83. The summed E-state index contributed by atoms with van der Waals surface area (Å²) in [6, 6.07) is 0. The van der Waals surface area contributed by atoms with Crippen molar-refractivity contribution in [2.75, 3.05) is 0 Å². The molecule has 0 radical (unpaired) electrons. The number of fused-ring (bicyclic) bond motifs is 1. The minimum absolute atomic E-state index is 0.359. The summed E-state index contributed by atoms with van der Waals surface area (Å²) in [5.41, 5.74) is 1.11. The topological polar surface area (TPSA) is 17.1 Å². The Morgan fingerprint density at radius 3 is 2.53 bits per heavy atom. The lowest BCUT2D eigenvalue weighted by atomic mass is 9.66. The molecule has 1 heteroatoms. The second kappa shape index (κ2) is 5.84. The van der Waals surface area contributed by atoms with E-state index < -0.39 is 0 Å². The van der Waals surface area contributed by atoms with Crippen LogP contribution in [-0.4, -0.2) is 5.78 Å². The molecule has 17 heavy (non-hydrogen) atoms. The van der Waals surface area contributed by atoms with Gasteiger partial charge in [-0.05, 0) is 37.5 Å². The Morgan fingerprint density at radius 1 is 1.12 bits per heavy atom. The third-order valence-corrected chi connectivity index (χ3v) is 4.92. The SMILES string of the molecule is C=C(CC)CC(=O)C1CCC2CCCCC2C1. The zero-order valence-corrected chi connectivity index (χ0v) is 11.2. The van der Waals surface area contributed by atoms with Gasteiger partial charge in [0, 0.05) is 12.3 Å². The van der Waals surface area contributed by atoms with E-state index in [4.69, 9.17) is 0 Å². The molecule has 0 N–H and O–H groups in total. The van der Waals surface area contributed by atoms with Crippen LogP contribution in [0.3, 0.4) is 0 Å². The van der Waals surface area contributed by atoms with Gasteiger partial charge in [0.15, 0.2) is 0 Å². The molecule has 1 nitrogen and oxygen atoms in total. The molecule has 0 aromatic rings. The highest BCUT2D eigenvalue weighted by Gasteiger charge is 2.34. The summed E-state index contributed by atoms with van der Waals surface area (Å²) < 4.78 is 0. The van der Waals surface area contributed by atoms with Crippen LogP contribution in [0.5, 0.6) is 0 Å². The molecule has 2 saturated carbocycles. The first-order valence-electron chi connectivity index (χ1n) is 7.40. The number of ketones is 1. The number of carbonyl (C=O) groups excluding carboxylic acids is 1. The standard InChI is InChI=1S/C16H26O/c1-3-12(2)10-16(17)15-9-8-13-6-4-5-7-14(13)11-15/h13-15H,2-11H2,1H3. The summed E-state index contributed by atoms with van der Waals surface area (Å²) in [7, 11) is 0. The number of hydrogen-bond donors (Lipinski definition) is 0. The number of allylic oxidation sites excluding steroid dienone is 1. The molecule has 96 valence electrons. The molecule has 0 saturated heterocycles. The van der Waals surface area contributed by atoms with Crippen LogP contribution in [-0.2, 0) is 4.79 Å². The van der Waals surface area contributed by atoms with Crippen molar-refractivity contribution in [1.82, 2.24) is 0 Å². The van der Waals surface area contributed by atoms with Crippen LogP contribution in [0.2, 0.25) is 0 Å². The van der Waals surface area contributed by atoms with Crippen LogP contribution in [0, 0.1) is 17.8 Å². The van der Waals surface area contributed by atoms with Crippen LogP contribution >= 0.6 is 0 Å². The van der Waals surface area contributed by atoms with Crippen LogP contribution in [0.4, 0.5) is 0 Å². The van der Waals surface area contributed by atoms with Gasteiger partial charge in [0.1, 0.15) is 5.78 Å². The summed E-state index contributed by atoms with van der Waals surface area (Å²) in [6.07, 6.45) is 10.8. The van der Waals surface area contributed by atoms with Crippen molar-refractivity contribution in [3.63, 3.8) is 0 Å². The van der Waals surface area contributed by atoms with Gasteiger partial charge in [0.2, 0.25) is 0 Å². The first-order valence-corrected chi connectivity index (χ1v) is 7.40. The van der Waals surface area contributed by atoms with E-state index in [0.29, 0.717) is 18.1 Å². The van der Waals surface area contributed by atoms with Crippen LogP contribution in [0.25, 0.3) is 0 Å². The highest BCUT2D eigenvalue weighted by Crippen LogP contribution is 2.43. The molecule has 0 bridgehead atoms. The molecule has 2 rings (SSSR count). The maximum absolute atomic E-state index is 12.2. The van der Waals surface area contributed by atoms with Gasteiger partial charge in [-0.15, -0.1) is 0 Å². The van der Waals surface area contributed by atoms with E-state index in [0.717, 1.165) is 30.3 Å². The maximum atomic E-state index is 12.2. The molecule has 2 fully saturated rings. The third-order valence-electron chi connectivity index (χ3n) is 4.92. The van der Waals surface area contributed by atoms with Crippen molar-refractivity contribution in [3.8, 4) is 0 Å².